The average molecular weight is 569 g/mol. The van der Waals surface area contributed by atoms with E-state index in [-0.39, 0.29) is 11.8 Å². The van der Waals surface area contributed by atoms with E-state index in [4.69, 9.17) is 0 Å². The smallest absolute Gasteiger partial charge is 0.255 e. The molecule has 0 saturated heterocycles. The Morgan fingerprint density at radius 2 is 0.786 bits per heavy atom. The lowest BCUT2D eigenvalue weighted by molar-refractivity contribution is 0.101. The van der Waals surface area contributed by atoms with E-state index in [1.54, 1.807) is 24.3 Å². The minimum absolute atomic E-state index is 0.241. The van der Waals surface area contributed by atoms with Crippen molar-refractivity contribution in [3.63, 3.8) is 0 Å². The van der Waals surface area contributed by atoms with Crippen molar-refractivity contribution in [3.05, 3.63) is 95.1 Å². The van der Waals surface area contributed by atoms with Crippen LogP contribution in [0.1, 0.15) is 73.4 Å². The Morgan fingerprint density at radius 1 is 0.500 bits per heavy atom. The summed E-state index contributed by atoms with van der Waals surface area (Å²) >= 11 is 0. The third-order valence-electron chi connectivity index (χ3n) is 6.95. The van der Waals surface area contributed by atoms with Crippen LogP contribution in [0.4, 0.5) is 11.4 Å². The van der Waals surface area contributed by atoms with Crippen molar-refractivity contribution in [1.29, 1.82) is 0 Å². The molecule has 8 heteroatoms. The highest BCUT2D eigenvalue weighted by atomic mass is 16.2. The first-order valence-electron chi connectivity index (χ1n) is 14.9. The van der Waals surface area contributed by atoms with Crippen LogP contribution in [0.25, 0.3) is 0 Å². The second kappa shape index (κ2) is 16.1. The highest BCUT2D eigenvalue weighted by Gasteiger charge is 2.14. The van der Waals surface area contributed by atoms with Gasteiger partial charge >= 0.3 is 0 Å². The summed E-state index contributed by atoms with van der Waals surface area (Å²) in [6, 6.07) is 22.1. The number of amides is 2. The summed E-state index contributed by atoms with van der Waals surface area (Å²) in [5.74, 6) is 1.43. The van der Waals surface area contributed by atoms with Gasteiger partial charge in [-0.15, -0.1) is 0 Å². The van der Waals surface area contributed by atoms with E-state index in [0.717, 1.165) is 49.0 Å². The minimum Gasteiger partial charge on any atom is -0.357 e. The number of carbonyl (C=O) groups is 2. The van der Waals surface area contributed by atoms with Crippen LogP contribution in [0.2, 0.25) is 0 Å². The highest BCUT2D eigenvalue weighted by Crippen LogP contribution is 2.17. The van der Waals surface area contributed by atoms with Crippen LogP contribution in [-0.4, -0.2) is 72.6 Å². The summed E-state index contributed by atoms with van der Waals surface area (Å²) in [5, 5.41) is 5.87. The molecular formula is C34H44N6O2. The fourth-order valence-electron chi connectivity index (χ4n) is 4.68. The average Bonchev–Trinajstić information content (AvgIpc) is 3.02. The monoisotopic (exact) mass is 568 g/mol. The molecule has 8 nitrogen and oxygen atoms in total. The summed E-state index contributed by atoms with van der Waals surface area (Å²) in [7, 11) is 0. The highest BCUT2D eigenvalue weighted by molar-refractivity contribution is 6.07. The van der Waals surface area contributed by atoms with Gasteiger partial charge in [-0.25, -0.2) is 0 Å². The lowest BCUT2D eigenvalue weighted by Gasteiger charge is -2.23. The molecule has 0 heterocycles. The molecule has 0 atom stereocenters. The molecule has 3 aromatic rings. The Morgan fingerprint density at radius 3 is 1.05 bits per heavy atom. The van der Waals surface area contributed by atoms with Crippen LogP contribution in [-0.2, 0) is 0 Å². The van der Waals surface area contributed by atoms with Crippen molar-refractivity contribution < 1.29 is 9.59 Å². The number of nitrogens with one attached hydrogen (secondary N) is 2. The molecule has 0 aliphatic heterocycles. The number of benzene rings is 3. The fourth-order valence-corrected chi connectivity index (χ4v) is 4.68. The number of amidine groups is 2. The molecule has 3 aromatic carbocycles. The summed E-state index contributed by atoms with van der Waals surface area (Å²) in [6.07, 6.45) is 0. The number of aliphatic imine (C=N–C) groups is 2. The first kappa shape index (κ1) is 32.1. The predicted molar refractivity (Wildman–Crippen MR) is 175 cm³/mol. The van der Waals surface area contributed by atoms with Gasteiger partial charge in [0.2, 0.25) is 0 Å². The van der Waals surface area contributed by atoms with E-state index >= 15 is 0 Å². The van der Waals surface area contributed by atoms with E-state index in [9.17, 15) is 9.59 Å². The normalized spacial score (nSPS) is 11.7. The number of rotatable bonds is 12. The molecule has 2 amide bonds. The maximum absolute atomic E-state index is 12.9. The lowest BCUT2D eigenvalue weighted by atomic mass is 10.1. The van der Waals surface area contributed by atoms with Crippen LogP contribution >= 0.6 is 0 Å². The standard InChI is InChI=1S/C34H44N6O2/c1-7-35-31(39(9-3)10-4)25-17-21-29(22-18-25)37-33(41)27-13-15-28(16-14-27)34(42)38-30-23-19-26(20-24-30)32(36-8-2)40(11-5)12-6/h13-24H,7-12H2,1-6H3,(H,37,41)(H,38,42). The van der Waals surface area contributed by atoms with Gasteiger partial charge in [0, 0.05) is 72.9 Å². The van der Waals surface area contributed by atoms with Crippen molar-refractivity contribution >= 4 is 34.9 Å². The van der Waals surface area contributed by atoms with Gasteiger partial charge in [0.15, 0.2) is 0 Å². The largest absolute Gasteiger partial charge is 0.357 e. The van der Waals surface area contributed by atoms with E-state index in [1.807, 2.05) is 62.4 Å². The molecule has 42 heavy (non-hydrogen) atoms. The number of carbonyl (C=O) groups excluding carboxylic acids is 2. The Hall–Kier alpha value is -4.46. The molecule has 2 N–H and O–H groups in total. The maximum atomic E-state index is 12.9. The van der Waals surface area contributed by atoms with E-state index in [1.165, 1.54) is 0 Å². The molecule has 0 radical (unpaired) electrons. The van der Waals surface area contributed by atoms with Crippen molar-refractivity contribution in [1.82, 2.24) is 9.80 Å². The van der Waals surface area contributed by atoms with Gasteiger partial charge in [0.25, 0.3) is 11.8 Å². The quantitative estimate of drug-likeness (QED) is 0.195. The van der Waals surface area contributed by atoms with Gasteiger partial charge in [-0.05, 0) is 114 Å². The Labute approximate surface area is 250 Å². The molecule has 0 spiro atoms. The zero-order valence-electron chi connectivity index (χ0n) is 25.8. The molecule has 0 aliphatic rings. The van der Waals surface area contributed by atoms with Crippen LogP contribution in [0, 0.1) is 0 Å². The number of hydrogen-bond donors (Lipinski definition) is 2. The van der Waals surface area contributed by atoms with Gasteiger partial charge in [-0.3, -0.25) is 19.6 Å². The number of anilines is 2. The summed E-state index contributed by atoms with van der Waals surface area (Å²) in [4.78, 5) is 39.5. The van der Waals surface area contributed by atoms with Gasteiger partial charge in [0.1, 0.15) is 11.7 Å². The number of nitrogens with zero attached hydrogens (tertiary/aromatic N) is 4. The molecule has 0 aromatic heterocycles. The molecule has 0 aliphatic carbocycles. The second-order valence-electron chi connectivity index (χ2n) is 9.58. The Balaban J connectivity index is 1.63. The Bertz CT molecular complexity index is 1250. The van der Waals surface area contributed by atoms with E-state index in [0.29, 0.717) is 35.6 Å². The summed E-state index contributed by atoms with van der Waals surface area (Å²) in [5.41, 5.74) is 4.35. The van der Waals surface area contributed by atoms with Crippen LogP contribution < -0.4 is 10.6 Å². The molecule has 0 bridgehead atoms. The van der Waals surface area contributed by atoms with Gasteiger partial charge in [-0.2, -0.15) is 0 Å². The van der Waals surface area contributed by atoms with Gasteiger partial charge in [-0.1, -0.05) is 0 Å². The Kier molecular flexibility index (Phi) is 12.3. The maximum Gasteiger partial charge on any atom is 0.255 e. The van der Waals surface area contributed by atoms with Crippen molar-refractivity contribution in [2.45, 2.75) is 41.5 Å². The van der Waals surface area contributed by atoms with Gasteiger partial charge in [0.05, 0.1) is 0 Å². The lowest BCUT2D eigenvalue weighted by Crippen LogP contribution is -2.31. The minimum atomic E-state index is -0.241. The number of hydrogen-bond acceptors (Lipinski definition) is 4. The van der Waals surface area contributed by atoms with Crippen LogP contribution in [0.5, 0.6) is 0 Å². The van der Waals surface area contributed by atoms with Crippen molar-refractivity contribution in [3.8, 4) is 0 Å². The zero-order chi connectivity index (χ0) is 30.5. The molecule has 3 rings (SSSR count). The topological polar surface area (TPSA) is 89.4 Å². The molecule has 0 unspecified atom stereocenters. The first-order chi connectivity index (χ1) is 20.4. The molecular weight excluding hydrogens is 524 g/mol. The molecule has 222 valence electrons. The molecule has 0 saturated carbocycles. The second-order valence-corrected chi connectivity index (χ2v) is 9.58. The van der Waals surface area contributed by atoms with Crippen molar-refractivity contribution in [2.24, 2.45) is 9.98 Å². The van der Waals surface area contributed by atoms with Gasteiger partial charge < -0.3 is 20.4 Å². The zero-order valence-corrected chi connectivity index (χ0v) is 25.8. The van der Waals surface area contributed by atoms with E-state index < -0.39 is 0 Å². The van der Waals surface area contributed by atoms with Crippen LogP contribution in [0.3, 0.4) is 0 Å². The van der Waals surface area contributed by atoms with E-state index in [2.05, 4.69) is 58.1 Å². The summed E-state index contributed by atoms with van der Waals surface area (Å²) in [6.45, 7) is 17.4. The summed E-state index contributed by atoms with van der Waals surface area (Å²) < 4.78 is 0. The first-order valence-corrected chi connectivity index (χ1v) is 14.9. The predicted octanol–water partition coefficient (Wildman–Crippen LogP) is 6.41. The SMILES string of the molecule is CCN=C(c1ccc(NC(=O)c2ccc(C(=O)Nc3ccc(C(=NCC)N(CC)CC)cc3)cc2)cc1)N(CC)CC. The molecule has 0 fully saturated rings. The van der Waals surface area contributed by atoms with Crippen LogP contribution in [0.15, 0.2) is 82.8 Å². The third kappa shape index (κ3) is 8.28. The fraction of sp³-hybridized carbons (Fsp3) is 0.353. The van der Waals surface area contributed by atoms with Crippen molar-refractivity contribution in [2.75, 3.05) is 49.9 Å². The third-order valence-corrected chi connectivity index (χ3v) is 6.95.